The second kappa shape index (κ2) is 6.38. The van der Waals surface area contributed by atoms with E-state index in [-0.39, 0.29) is 11.5 Å². The lowest BCUT2D eigenvalue weighted by Crippen LogP contribution is -1.94. The van der Waals surface area contributed by atoms with E-state index in [1.54, 1.807) is 30.3 Å². The monoisotopic (exact) mass is 409 g/mol. The van der Waals surface area contributed by atoms with Gasteiger partial charge in [0.1, 0.15) is 11.5 Å². The van der Waals surface area contributed by atoms with Crippen LogP contribution in [0.1, 0.15) is 21.7 Å². The largest absolute Gasteiger partial charge is 0.456 e. The average molecular weight is 410 g/mol. The van der Waals surface area contributed by atoms with E-state index >= 15 is 0 Å². The maximum absolute atomic E-state index is 12.5. The topological polar surface area (TPSA) is 73.3 Å². The van der Waals surface area contributed by atoms with Crippen LogP contribution in [0.3, 0.4) is 0 Å². The number of fused-ring (bicyclic) bond motifs is 1. The van der Waals surface area contributed by atoms with E-state index in [0.29, 0.717) is 39.1 Å². The quantitative estimate of drug-likeness (QED) is 0.328. The van der Waals surface area contributed by atoms with Gasteiger partial charge in [0.25, 0.3) is 5.69 Å². The van der Waals surface area contributed by atoms with Crippen molar-refractivity contribution in [3.8, 4) is 11.3 Å². The predicted molar refractivity (Wildman–Crippen MR) is 101 cm³/mol. The van der Waals surface area contributed by atoms with E-state index in [4.69, 9.17) is 4.42 Å². The number of nitro benzene ring substituents is 1. The Balaban J connectivity index is 1.69. The molecule has 2 aromatic carbocycles. The minimum atomic E-state index is -0.447. The fraction of sp³-hybridized carbons (Fsp3) is 0.0500. The molecule has 0 fully saturated rings. The molecule has 1 aliphatic carbocycles. The molecule has 0 unspecified atom stereocenters. The molecule has 3 aromatic rings. The number of nitro groups is 1. The van der Waals surface area contributed by atoms with Crippen molar-refractivity contribution in [3.63, 3.8) is 0 Å². The molecule has 0 N–H and O–H groups in total. The molecule has 0 amide bonds. The van der Waals surface area contributed by atoms with E-state index < -0.39 is 4.92 Å². The third-order valence-electron chi connectivity index (χ3n) is 4.30. The van der Waals surface area contributed by atoms with Crippen molar-refractivity contribution in [1.29, 1.82) is 0 Å². The van der Waals surface area contributed by atoms with Crippen LogP contribution in [-0.2, 0) is 6.42 Å². The van der Waals surface area contributed by atoms with Gasteiger partial charge in [-0.2, -0.15) is 0 Å². The van der Waals surface area contributed by atoms with Crippen LogP contribution in [0.5, 0.6) is 0 Å². The minimum absolute atomic E-state index is 0.00632. The normalized spacial score (nSPS) is 14.7. The van der Waals surface area contributed by atoms with Gasteiger partial charge in [-0.25, -0.2) is 0 Å². The first kappa shape index (κ1) is 16.5. The highest BCUT2D eigenvalue weighted by Gasteiger charge is 2.24. The Bertz CT molecular complexity index is 1080. The van der Waals surface area contributed by atoms with Crippen LogP contribution < -0.4 is 0 Å². The summed E-state index contributed by atoms with van der Waals surface area (Å²) in [6, 6.07) is 15.7. The first-order chi connectivity index (χ1) is 12.5. The Kier molecular flexibility index (Phi) is 4.05. The van der Waals surface area contributed by atoms with Gasteiger partial charge in [-0.1, -0.05) is 40.2 Å². The number of hydrogen-bond donors (Lipinski definition) is 0. The molecule has 0 spiro atoms. The molecule has 1 aromatic heterocycles. The fourth-order valence-electron chi connectivity index (χ4n) is 3.08. The van der Waals surface area contributed by atoms with Crippen LogP contribution >= 0.6 is 15.9 Å². The van der Waals surface area contributed by atoms with Crippen molar-refractivity contribution in [2.75, 3.05) is 0 Å². The van der Waals surface area contributed by atoms with Crippen LogP contribution in [0.4, 0.5) is 5.69 Å². The number of furan rings is 1. The molecule has 1 heterocycles. The highest BCUT2D eigenvalue weighted by Crippen LogP contribution is 2.34. The number of carbonyl (C=O) groups excluding carboxylic acids is 1. The molecule has 4 rings (SSSR count). The second-order valence-electron chi connectivity index (χ2n) is 5.95. The van der Waals surface area contributed by atoms with Crippen LogP contribution in [0.2, 0.25) is 0 Å². The summed E-state index contributed by atoms with van der Waals surface area (Å²) in [5, 5.41) is 11.3. The summed E-state index contributed by atoms with van der Waals surface area (Å²) in [6.07, 6.45) is 2.26. The summed E-state index contributed by atoms with van der Waals surface area (Å²) in [5.41, 5.74) is 2.71. The highest BCUT2D eigenvalue weighted by atomic mass is 79.9. The summed E-state index contributed by atoms with van der Waals surface area (Å²) in [4.78, 5) is 23.3. The fourth-order valence-corrected chi connectivity index (χ4v) is 3.43. The highest BCUT2D eigenvalue weighted by molar-refractivity contribution is 9.10. The number of allylic oxidation sites excluding steroid dienone is 1. The number of nitrogens with zero attached hydrogens (tertiary/aromatic N) is 1. The first-order valence-corrected chi connectivity index (χ1v) is 8.69. The Morgan fingerprint density at radius 1 is 1.08 bits per heavy atom. The zero-order valence-corrected chi connectivity index (χ0v) is 15.0. The molecule has 26 heavy (non-hydrogen) atoms. The zero-order valence-electron chi connectivity index (χ0n) is 13.4. The van der Waals surface area contributed by atoms with Crippen molar-refractivity contribution in [1.82, 2.24) is 0 Å². The Morgan fingerprint density at radius 3 is 2.65 bits per heavy atom. The van der Waals surface area contributed by atoms with Gasteiger partial charge in [0.15, 0.2) is 5.78 Å². The lowest BCUT2D eigenvalue weighted by Gasteiger charge is -2.00. The van der Waals surface area contributed by atoms with Crippen LogP contribution in [0, 0.1) is 10.1 Å². The van der Waals surface area contributed by atoms with Crippen LogP contribution in [0.25, 0.3) is 17.4 Å². The smallest absolute Gasteiger partial charge is 0.281 e. The number of halogens is 1. The van der Waals surface area contributed by atoms with E-state index in [0.717, 1.165) is 5.56 Å². The summed E-state index contributed by atoms with van der Waals surface area (Å²) in [7, 11) is 0. The summed E-state index contributed by atoms with van der Waals surface area (Å²) in [6.45, 7) is 0. The molecule has 0 saturated carbocycles. The third-order valence-corrected chi connectivity index (χ3v) is 4.79. The molecule has 6 heteroatoms. The van der Waals surface area contributed by atoms with Gasteiger partial charge in [-0.3, -0.25) is 14.9 Å². The summed E-state index contributed by atoms with van der Waals surface area (Å²) >= 11 is 3.24. The molecule has 0 atom stereocenters. The van der Waals surface area contributed by atoms with E-state index in [1.807, 2.05) is 24.3 Å². The molecule has 0 saturated heterocycles. The maximum atomic E-state index is 12.5. The lowest BCUT2D eigenvalue weighted by molar-refractivity contribution is -0.384. The van der Waals surface area contributed by atoms with E-state index in [2.05, 4.69) is 15.9 Å². The Labute approximate surface area is 157 Å². The third kappa shape index (κ3) is 2.88. The van der Waals surface area contributed by atoms with Gasteiger partial charge < -0.3 is 4.42 Å². The standard InChI is InChI=1S/C20H12BrNO4/c21-14-5-7-17(18(11-14)22(24)25)19-8-6-15(26-19)10-13-9-12-3-1-2-4-16(12)20(13)23/h1-8,10-11H,9H2. The van der Waals surface area contributed by atoms with Gasteiger partial charge in [-0.05, 0) is 35.9 Å². The number of carbonyl (C=O) groups is 1. The van der Waals surface area contributed by atoms with Crippen LogP contribution in [-0.4, -0.2) is 10.7 Å². The summed E-state index contributed by atoms with van der Waals surface area (Å²) < 4.78 is 6.38. The molecular weight excluding hydrogens is 398 g/mol. The summed E-state index contributed by atoms with van der Waals surface area (Å²) in [5.74, 6) is 0.876. The number of rotatable bonds is 3. The van der Waals surface area contributed by atoms with E-state index in [1.165, 1.54) is 6.07 Å². The molecule has 0 aliphatic heterocycles. The minimum Gasteiger partial charge on any atom is -0.456 e. The van der Waals surface area contributed by atoms with Crippen molar-refractivity contribution in [2.24, 2.45) is 0 Å². The van der Waals surface area contributed by atoms with Crippen molar-refractivity contribution in [3.05, 3.63) is 91.6 Å². The Morgan fingerprint density at radius 2 is 1.88 bits per heavy atom. The molecule has 1 aliphatic rings. The number of Topliss-reactive ketones (excluding diaryl/α,β-unsaturated/α-hetero) is 1. The number of hydrogen-bond acceptors (Lipinski definition) is 4. The van der Waals surface area contributed by atoms with Gasteiger partial charge >= 0.3 is 0 Å². The van der Waals surface area contributed by atoms with Crippen molar-refractivity contribution >= 4 is 33.5 Å². The van der Waals surface area contributed by atoms with Gasteiger partial charge in [0, 0.05) is 28.1 Å². The van der Waals surface area contributed by atoms with Crippen molar-refractivity contribution in [2.45, 2.75) is 6.42 Å². The molecule has 128 valence electrons. The van der Waals surface area contributed by atoms with E-state index in [9.17, 15) is 14.9 Å². The first-order valence-electron chi connectivity index (χ1n) is 7.90. The Hall–Kier alpha value is -2.99. The number of ketones is 1. The number of benzene rings is 2. The zero-order chi connectivity index (χ0) is 18.3. The maximum Gasteiger partial charge on any atom is 0.281 e. The molecule has 0 radical (unpaired) electrons. The second-order valence-corrected chi connectivity index (χ2v) is 6.87. The van der Waals surface area contributed by atoms with Gasteiger partial charge in [-0.15, -0.1) is 0 Å². The van der Waals surface area contributed by atoms with Crippen molar-refractivity contribution < 1.29 is 14.1 Å². The van der Waals surface area contributed by atoms with Gasteiger partial charge in [0.2, 0.25) is 0 Å². The molecular formula is C20H12BrNO4. The average Bonchev–Trinajstić information content (AvgIpc) is 3.21. The SMILES string of the molecule is O=C1C(=Cc2ccc(-c3ccc(Br)cc3[N+](=O)[O-])o2)Cc2ccccc21. The molecule has 5 nitrogen and oxygen atoms in total. The predicted octanol–water partition coefficient (Wildman–Crippen LogP) is 5.44. The van der Waals surface area contributed by atoms with Gasteiger partial charge in [0.05, 0.1) is 10.5 Å². The van der Waals surface area contributed by atoms with Crippen LogP contribution in [0.15, 0.2) is 69.1 Å². The lowest BCUT2D eigenvalue weighted by atomic mass is 10.1. The molecule has 0 bridgehead atoms.